The molecule has 1 aromatic carbocycles. The predicted octanol–water partition coefficient (Wildman–Crippen LogP) is 3.56. The van der Waals surface area contributed by atoms with Gasteiger partial charge >= 0.3 is 0 Å². The van der Waals surface area contributed by atoms with Crippen LogP contribution in [0.4, 0.5) is 0 Å². The van der Waals surface area contributed by atoms with Gasteiger partial charge in [-0.2, -0.15) is 0 Å². The van der Waals surface area contributed by atoms with Crippen molar-refractivity contribution in [3.05, 3.63) is 22.7 Å². The molecule has 6 heteroatoms. The Hall–Kier alpha value is -1.01. The number of hydrogen-bond acceptors (Lipinski definition) is 5. The van der Waals surface area contributed by atoms with Crippen LogP contribution in [-0.2, 0) is 6.54 Å². The zero-order chi connectivity index (χ0) is 19.2. The first-order valence-corrected chi connectivity index (χ1v) is 10.5. The zero-order valence-corrected chi connectivity index (χ0v) is 17.4. The molecule has 152 valence electrons. The molecule has 1 aromatic rings. The summed E-state index contributed by atoms with van der Waals surface area (Å²) in [5, 5.41) is 10.3. The lowest BCUT2D eigenvalue weighted by Gasteiger charge is -2.46. The van der Waals surface area contributed by atoms with Crippen molar-refractivity contribution in [2.24, 2.45) is 0 Å². The van der Waals surface area contributed by atoms with Crippen LogP contribution in [0.25, 0.3) is 0 Å². The van der Waals surface area contributed by atoms with Gasteiger partial charge in [0.15, 0.2) is 11.5 Å². The monoisotopic (exact) mass is 396 g/mol. The minimum absolute atomic E-state index is 0.246. The van der Waals surface area contributed by atoms with Gasteiger partial charge in [-0.05, 0) is 25.3 Å². The van der Waals surface area contributed by atoms with E-state index in [1.807, 2.05) is 6.07 Å². The number of piperazine rings is 1. The third-order valence-electron chi connectivity index (χ3n) is 6.03. The van der Waals surface area contributed by atoms with Crippen molar-refractivity contribution in [2.75, 3.05) is 40.5 Å². The van der Waals surface area contributed by atoms with E-state index in [9.17, 15) is 5.11 Å². The zero-order valence-electron chi connectivity index (χ0n) is 16.6. The summed E-state index contributed by atoms with van der Waals surface area (Å²) in [6.07, 6.45) is 7.51. The molecule has 0 radical (unpaired) electrons. The minimum Gasteiger partial charge on any atom is -0.493 e. The molecule has 27 heavy (non-hydrogen) atoms. The summed E-state index contributed by atoms with van der Waals surface area (Å²) in [6, 6.07) is 4.87. The molecule has 0 aromatic heterocycles. The summed E-state index contributed by atoms with van der Waals surface area (Å²) >= 11 is 6.28. The lowest BCUT2D eigenvalue weighted by Crippen LogP contribution is -2.56. The second kappa shape index (κ2) is 9.97. The highest BCUT2D eigenvalue weighted by Crippen LogP contribution is 2.36. The van der Waals surface area contributed by atoms with Crippen molar-refractivity contribution >= 4 is 11.6 Å². The van der Waals surface area contributed by atoms with E-state index >= 15 is 0 Å². The molecule has 1 aliphatic carbocycles. The highest BCUT2D eigenvalue weighted by atomic mass is 35.5. The van der Waals surface area contributed by atoms with E-state index in [0.717, 1.165) is 43.9 Å². The van der Waals surface area contributed by atoms with Gasteiger partial charge in [0.05, 0.1) is 14.2 Å². The van der Waals surface area contributed by atoms with Crippen LogP contribution in [0.15, 0.2) is 12.1 Å². The van der Waals surface area contributed by atoms with Crippen molar-refractivity contribution in [3.8, 4) is 11.5 Å². The summed E-state index contributed by atoms with van der Waals surface area (Å²) in [7, 11) is 3.31. The number of hydrogen-bond donors (Lipinski definition) is 1. The molecule has 1 N–H and O–H groups in total. The topological polar surface area (TPSA) is 45.2 Å². The van der Waals surface area contributed by atoms with E-state index in [-0.39, 0.29) is 6.61 Å². The van der Waals surface area contributed by atoms with Gasteiger partial charge in [0.1, 0.15) is 0 Å². The Morgan fingerprint density at radius 1 is 1.11 bits per heavy atom. The van der Waals surface area contributed by atoms with Gasteiger partial charge in [0.2, 0.25) is 0 Å². The summed E-state index contributed by atoms with van der Waals surface area (Å²) in [4.78, 5) is 5.12. The number of aliphatic hydroxyl groups is 1. The molecule has 3 rings (SSSR count). The summed E-state index contributed by atoms with van der Waals surface area (Å²) in [5.74, 6) is 1.43. The fourth-order valence-electron chi connectivity index (χ4n) is 4.74. The number of halogens is 1. The van der Waals surface area contributed by atoms with Crippen molar-refractivity contribution in [1.29, 1.82) is 0 Å². The Labute approximate surface area is 168 Å². The third kappa shape index (κ3) is 5.08. The summed E-state index contributed by atoms with van der Waals surface area (Å²) in [5.41, 5.74) is 1.05. The van der Waals surface area contributed by atoms with E-state index in [0.29, 0.717) is 22.9 Å². The first kappa shape index (κ1) is 20.7. The van der Waals surface area contributed by atoms with Gasteiger partial charge < -0.3 is 14.6 Å². The molecule has 5 nitrogen and oxygen atoms in total. The maximum absolute atomic E-state index is 9.60. The lowest BCUT2D eigenvalue weighted by molar-refractivity contribution is 0.0134. The van der Waals surface area contributed by atoms with Crippen molar-refractivity contribution in [2.45, 2.75) is 57.2 Å². The van der Waals surface area contributed by atoms with Crippen LogP contribution in [-0.4, -0.2) is 67.5 Å². The highest BCUT2D eigenvalue weighted by Gasteiger charge is 2.32. The van der Waals surface area contributed by atoms with Gasteiger partial charge in [-0.3, -0.25) is 9.80 Å². The Morgan fingerprint density at radius 2 is 1.89 bits per heavy atom. The number of benzene rings is 1. The largest absolute Gasteiger partial charge is 0.493 e. The van der Waals surface area contributed by atoms with Crippen LogP contribution >= 0.6 is 11.6 Å². The maximum atomic E-state index is 9.60. The highest BCUT2D eigenvalue weighted by molar-refractivity contribution is 6.30. The van der Waals surface area contributed by atoms with E-state index in [2.05, 4.69) is 9.80 Å². The molecule has 0 spiro atoms. The van der Waals surface area contributed by atoms with Crippen molar-refractivity contribution < 1.29 is 14.6 Å². The standard InChI is InChI=1S/C21H33ClN2O3/c1-26-20-13-17(22)12-16(21(20)27-2)14-23-9-10-24(19(15-23)8-11-25)18-6-4-3-5-7-18/h12-13,18-19,25H,3-11,14-15H2,1-2H3/t19-/m1/s1. The second-order valence-corrected chi connectivity index (χ2v) is 8.17. The molecule has 1 saturated heterocycles. The van der Waals surface area contributed by atoms with Crippen molar-refractivity contribution in [1.82, 2.24) is 9.80 Å². The molecule has 1 aliphatic heterocycles. The van der Waals surface area contributed by atoms with Gasteiger partial charge in [-0.1, -0.05) is 30.9 Å². The van der Waals surface area contributed by atoms with Crippen LogP contribution in [0.2, 0.25) is 5.02 Å². The molecular weight excluding hydrogens is 364 g/mol. The fraction of sp³-hybridized carbons (Fsp3) is 0.714. The van der Waals surface area contributed by atoms with E-state index in [4.69, 9.17) is 21.1 Å². The molecule has 0 bridgehead atoms. The maximum Gasteiger partial charge on any atom is 0.165 e. The molecule has 2 fully saturated rings. The molecule has 0 amide bonds. The number of rotatable bonds is 7. The van der Waals surface area contributed by atoms with E-state index in [1.54, 1.807) is 20.3 Å². The lowest BCUT2D eigenvalue weighted by atomic mass is 9.91. The third-order valence-corrected chi connectivity index (χ3v) is 6.25. The Morgan fingerprint density at radius 3 is 2.56 bits per heavy atom. The molecule has 1 saturated carbocycles. The molecule has 2 aliphatic rings. The molecule has 1 heterocycles. The van der Waals surface area contributed by atoms with Crippen molar-refractivity contribution in [3.63, 3.8) is 0 Å². The SMILES string of the molecule is COc1cc(Cl)cc(CN2CCN(C3CCCCC3)[C@H](CCO)C2)c1OC. The predicted molar refractivity (Wildman–Crippen MR) is 109 cm³/mol. The molecule has 0 unspecified atom stereocenters. The fourth-order valence-corrected chi connectivity index (χ4v) is 4.97. The normalized spacial score (nSPS) is 22.7. The Balaban J connectivity index is 1.71. The van der Waals surface area contributed by atoms with Gasteiger partial charge in [0, 0.05) is 61.5 Å². The quantitative estimate of drug-likeness (QED) is 0.763. The second-order valence-electron chi connectivity index (χ2n) is 7.73. The first-order chi connectivity index (χ1) is 13.2. The molecule has 1 atom stereocenters. The Bertz CT molecular complexity index is 607. The van der Waals surface area contributed by atoms with Crippen LogP contribution in [0.1, 0.15) is 44.1 Å². The molecular formula is C21H33ClN2O3. The average molecular weight is 397 g/mol. The Kier molecular flexibility index (Phi) is 7.65. The number of nitrogens with zero attached hydrogens (tertiary/aromatic N) is 2. The summed E-state index contributed by atoms with van der Waals surface area (Å²) < 4.78 is 11.0. The number of ether oxygens (including phenoxy) is 2. The van der Waals surface area contributed by atoms with Crippen LogP contribution in [0, 0.1) is 0 Å². The summed E-state index contributed by atoms with van der Waals surface area (Å²) in [6.45, 7) is 4.08. The van der Waals surface area contributed by atoms with Crippen LogP contribution in [0.5, 0.6) is 11.5 Å². The van der Waals surface area contributed by atoms with E-state index in [1.165, 1.54) is 32.1 Å². The van der Waals surface area contributed by atoms with Gasteiger partial charge in [0.25, 0.3) is 0 Å². The van der Waals surface area contributed by atoms with E-state index < -0.39 is 0 Å². The first-order valence-electron chi connectivity index (χ1n) is 10.2. The smallest absolute Gasteiger partial charge is 0.165 e. The van der Waals surface area contributed by atoms with Crippen LogP contribution < -0.4 is 9.47 Å². The van der Waals surface area contributed by atoms with Gasteiger partial charge in [-0.25, -0.2) is 0 Å². The van der Waals surface area contributed by atoms with Crippen LogP contribution in [0.3, 0.4) is 0 Å². The number of methoxy groups -OCH3 is 2. The average Bonchev–Trinajstić information content (AvgIpc) is 2.68. The van der Waals surface area contributed by atoms with Gasteiger partial charge in [-0.15, -0.1) is 0 Å². The minimum atomic E-state index is 0.246. The number of aliphatic hydroxyl groups excluding tert-OH is 1.